The van der Waals surface area contributed by atoms with Crippen LogP contribution in [-0.4, -0.2) is 146 Å². The summed E-state index contributed by atoms with van der Waals surface area (Å²) in [5.41, 5.74) is -0.00861. The number of amides is 1. The third-order valence-corrected chi connectivity index (χ3v) is 10.3. The molecule has 2 aliphatic rings. The lowest BCUT2D eigenvalue weighted by molar-refractivity contribution is -0.365. The highest BCUT2D eigenvalue weighted by atomic mass is 16.8. The summed E-state index contributed by atoms with van der Waals surface area (Å²) in [6, 6.07) is 20.8. The molecule has 0 aromatic heterocycles. The first-order valence-electron chi connectivity index (χ1n) is 21.3. The van der Waals surface area contributed by atoms with E-state index in [1.165, 1.54) is 60.7 Å². The molecule has 69 heavy (non-hydrogen) atoms. The zero-order valence-electron chi connectivity index (χ0n) is 38.2. The van der Waals surface area contributed by atoms with Crippen molar-refractivity contribution in [2.24, 2.45) is 0 Å². The minimum Gasteiger partial charge on any atom is -0.465 e. The number of aliphatic hydroxyl groups excluding tert-OH is 1. The van der Waals surface area contributed by atoms with E-state index in [4.69, 9.17) is 52.1 Å². The Bertz CT molecular complexity index is 2310. The molecule has 370 valence electrons. The Morgan fingerprint density at radius 3 is 1.65 bits per heavy atom. The number of esters is 8. The van der Waals surface area contributed by atoms with Crippen molar-refractivity contribution in [1.82, 2.24) is 5.32 Å². The van der Waals surface area contributed by atoms with E-state index in [1.54, 1.807) is 30.3 Å². The molecule has 0 spiro atoms. The van der Waals surface area contributed by atoms with Gasteiger partial charge < -0.3 is 62.5 Å². The van der Waals surface area contributed by atoms with E-state index in [2.05, 4.69) is 5.32 Å². The minimum atomic E-state index is -3.03. The number of ether oxygens (including phenoxy) is 11. The van der Waals surface area contributed by atoms with Gasteiger partial charge in [-0.05, 0) is 36.4 Å². The fourth-order valence-corrected chi connectivity index (χ4v) is 7.52. The molecule has 2 N–H and O–H groups in total. The van der Waals surface area contributed by atoms with Crippen molar-refractivity contribution in [2.75, 3.05) is 20.3 Å². The molecular weight excluding hydrogens is 915 g/mol. The number of rotatable bonds is 18. The SMILES string of the molecule is COC(=O)C1(OC2C(OC(=O)c3ccccc3)C(O)OC(COC(=O)c3ccccc3)C2OC(=O)c2ccccc2)CC(OC(C)=O)C(NC(C)=O)C([C@H](OC(C)=O)[C@@H](COC(C)=O)OC(C)=O)O1. The second-order valence-corrected chi connectivity index (χ2v) is 15.5. The monoisotopic (exact) mass is 965 g/mol. The van der Waals surface area contributed by atoms with E-state index in [1.807, 2.05) is 0 Å². The van der Waals surface area contributed by atoms with Crippen molar-refractivity contribution in [2.45, 2.75) is 108 Å². The van der Waals surface area contributed by atoms with E-state index >= 15 is 0 Å². The Balaban J connectivity index is 1.74. The highest BCUT2D eigenvalue weighted by Gasteiger charge is 2.63. The molecule has 0 saturated carbocycles. The van der Waals surface area contributed by atoms with Crippen LogP contribution in [0.25, 0.3) is 0 Å². The van der Waals surface area contributed by atoms with E-state index < -0.39 is 140 Å². The maximum atomic E-state index is 14.6. The first-order valence-corrected chi connectivity index (χ1v) is 21.3. The Labute approximate surface area is 394 Å². The number of carbonyl (C=O) groups excluding carboxylic acids is 9. The smallest absolute Gasteiger partial charge is 0.366 e. The minimum absolute atomic E-state index is 0.0431. The second kappa shape index (κ2) is 24.1. The first-order chi connectivity index (χ1) is 32.8. The Kier molecular flexibility index (Phi) is 18.4. The molecule has 5 rings (SSSR count). The molecule has 1 amide bonds. The number of aliphatic hydroxyl groups is 1. The van der Waals surface area contributed by atoms with Gasteiger partial charge in [-0.15, -0.1) is 0 Å². The van der Waals surface area contributed by atoms with Crippen LogP contribution >= 0.6 is 0 Å². The molecule has 0 aliphatic carbocycles. The maximum Gasteiger partial charge on any atom is 0.366 e. The highest BCUT2D eigenvalue weighted by Crippen LogP contribution is 2.41. The summed E-state index contributed by atoms with van der Waals surface area (Å²) in [5, 5.41) is 14.3. The lowest BCUT2D eigenvalue weighted by Gasteiger charge is -2.51. The van der Waals surface area contributed by atoms with Crippen LogP contribution in [0, 0.1) is 0 Å². The van der Waals surface area contributed by atoms with Crippen LogP contribution in [0.4, 0.5) is 0 Å². The third kappa shape index (κ3) is 14.1. The van der Waals surface area contributed by atoms with Crippen molar-refractivity contribution in [3.05, 3.63) is 108 Å². The summed E-state index contributed by atoms with van der Waals surface area (Å²) in [5.74, 6) is -12.3. The van der Waals surface area contributed by atoms with Crippen molar-refractivity contribution >= 4 is 53.7 Å². The number of methoxy groups -OCH3 is 1. The quantitative estimate of drug-likeness (QED) is 0.136. The van der Waals surface area contributed by atoms with Crippen molar-refractivity contribution in [3.63, 3.8) is 0 Å². The normalized spacial score (nSPS) is 24.9. The van der Waals surface area contributed by atoms with Gasteiger partial charge >= 0.3 is 47.8 Å². The summed E-state index contributed by atoms with van der Waals surface area (Å²) >= 11 is 0. The fourth-order valence-electron chi connectivity index (χ4n) is 7.52. The number of hydrogen-bond donors (Lipinski definition) is 2. The molecule has 2 heterocycles. The predicted octanol–water partition coefficient (Wildman–Crippen LogP) is 1.92. The van der Waals surface area contributed by atoms with E-state index in [0.717, 1.165) is 41.7 Å². The van der Waals surface area contributed by atoms with Gasteiger partial charge in [0.05, 0.1) is 36.3 Å². The van der Waals surface area contributed by atoms with Crippen LogP contribution in [-0.2, 0) is 80.9 Å². The van der Waals surface area contributed by atoms with Gasteiger partial charge in [0, 0.05) is 34.6 Å². The van der Waals surface area contributed by atoms with Gasteiger partial charge in [-0.3, -0.25) is 24.0 Å². The van der Waals surface area contributed by atoms with Gasteiger partial charge in [0.15, 0.2) is 30.7 Å². The average molecular weight is 966 g/mol. The molecule has 22 nitrogen and oxygen atoms in total. The van der Waals surface area contributed by atoms with E-state index in [0.29, 0.717) is 0 Å². The van der Waals surface area contributed by atoms with Gasteiger partial charge in [0.2, 0.25) is 5.91 Å². The van der Waals surface area contributed by atoms with Crippen LogP contribution in [0.3, 0.4) is 0 Å². The zero-order chi connectivity index (χ0) is 50.4. The second-order valence-electron chi connectivity index (χ2n) is 15.5. The van der Waals surface area contributed by atoms with Gasteiger partial charge in [0.25, 0.3) is 5.79 Å². The molecule has 3 aromatic carbocycles. The summed E-state index contributed by atoms with van der Waals surface area (Å²) < 4.78 is 63.5. The van der Waals surface area contributed by atoms with E-state index in [-0.39, 0.29) is 16.7 Å². The summed E-state index contributed by atoms with van der Waals surface area (Å²) in [4.78, 5) is 119. The third-order valence-electron chi connectivity index (χ3n) is 10.3. The molecule has 2 saturated heterocycles. The topological polar surface area (TPSA) is 287 Å². The number of benzene rings is 3. The Hall–Kier alpha value is -7.27. The molecule has 2 fully saturated rings. The molecule has 22 heteroatoms. The predicted molar refractivity (Wildman–Crippen MR) is 229 cm³/mol. The van der Waals surface area contributed by atoms with Crippen LogP contribution in [0.5, 0.6) is 0 Å². The van der Waals surface area contributed by atoms with Crippen molar-refractivity contribution in [3.8, 4) is 0 Å². The zero-order valence-corrected chi connectivity index (χ0v) is 38.2. The first kappa shape index (κ1) is 52.7. The fraction of sp³-hybridized carbons (Fsp3) is 0.426. The van der Waals surface area contributed by atoms with Gasteiger partial charge in [-0.2, -0.15) is 0 Å². The molecular formula is C47H51NO21. The maximum absolute atomic E-state index is 14.6. The van der Waals surface area contributed by atoms with Crippen LogP contribution in [0.1, 0.15) is 72.1 Å². The molecule has 3 aromatic rings. The number of hydrogen-bond acceptors (Lipinski definition) is 21. The molecule has 0 radical (unpaired) electrons. The molecule has 9 unspecified atom stereocenters. The van der Waals surface area contributed by atoms with E-state index in [9.17, 15) is 48.3 Å². The summed E-state index contributed by atoms with van der Waals surface area (Å²) in [7, 11) is 0.892. The number of nitrogens with one attached hydrogen (secondary N) is 1. The molecule has 0 bridgehead atoms. The standard InChI is InChI=1S/C47H51NO21/c1-25(49)48-36-33(62-27(3)51)22-47(46(58)59-6,68-39(36)37(64-29(5)53)34(63-28(4)52)23-60-26(2)50)69-40-38(66-43(55)31-18-12-8-13-19-31)35(24-61-42(54)30-16-10-7-11-17-30)65-45(57)41(40)67-44(56)32-20-14-9-15-21-32/h7-21,33-41,45,57H,22-24H2,1-6H3,(H,48,49)/t33?,34-,35?,36?,37-,38?,39?,40?,41?,45?,47?/m1/s1. The average Bonchev–Trinajstić information content (AvgIpc) is 3.31. The van der Waals surface area contributed by atoms with Gasteiger partial charge in [0.1, 0.15) is 37.6 Å². The highest BCUT2D eigenvalue weighted by molar-refractivity contribution is 5.91. The van der Waals surface area contributed by atoms with Gasteiger partial charge in [-0.1, -0.05) is 54.6 Å². The number of carbonyl (C=O) groups is 9. The Morgan fingerprint density at radius 2 is 1.17 bits per heavy atom. The summed E-state index contributed by atoms with van der Waals surface area (Å²) in [6.45, 7) is 3.38. The van der Waals surface area contributed by atoms with Gasteiger partial charge in [-0.25, -0.2) is 19.2 Å². The van der Waals surface area contributed by atoms with Crippen LogP contribution in [0.2, 0.25) is 0 Å². The summed E-state index contributed by atoms with van der Waals surface area (Å²) in [6.07, 6.45) is -18.6. The van der Waals surface area contributed by atoms with Crippen molar-refractivity contribution < 1.29 is 100 Å². The van der Waals surface area contributed by atoms with Crippen LogP contribution in [0.15, 0.2) is 91.0 Å². The van der Waals surface area contributed by atoms with Crippen LogP contribution < -0.4 is 5.32 Å². The lowest BCUT2D eigenvalue weighted by atomic mass is 9.87. The molecule has 2 aliphatic heterocycles. The van der Waals surface area contributed by atoms with Crippen molar-refractivity contribution in [1.29, 1.82) is 0 Å². The molecule has 11 atom stereocenters. The largest absolute Gasteiger partial charge is 0.465 e. The Morgan fingerprint density at radius 1 is 0.652 bits per heavy atom. The lowest BCUT2D eigenvalue weighted by Crippen LogP contribution is -2.71.